The van der Waals surface area contributed by atoms with Crippen molar-refractivity contribution in [3.8, 4) is 23.0 Å². The predicted molar refractivity (Wildman–Crippen MR) is 155 cm³/mol. The lowest BCUT2D eigenvalue weighted by molar-refractivity contribution is -0.139. The first-order valence-corrected chi connectivity index (χ1v) is 13.6. The fourth-order valence-corrected chi connectivity index (χ4v) is 4.33. The number of nitrogens with one attached hydrogen (secondary N) is 3. The Kier molecular flexibility index (Phi) is 10.2. The fraction of sp³-hybridized carbons (Fsp3) is 0.241. The zero-order chi connectivity index (χ0) is 29.2. The number of anilines is 1. The van der Waals surface area contributed by atoms with E-state index < -0.39 is 11.8 Å². The monoisotopic (exact) mass is 624 g/mol. The molecule has 11 nitrogen and oxygen atoms in total. The summed E-state index contributed by atoms with van der Waals surface area (Å²) in [6.07, 6.45) is 2.27. The molecule has 0 atom stereocenters. The van der Waals surface area contributed by atoms with Crippen LogP contribution in [-0.4, -0.2) is 43.9 Å². The van der Waals surface area contributed by atoms with Crippen molar-refractivity contribution in [3.05, 3.63) is 75.8 Å². The topological polar surface area (TPSA) is 137 Å². The first kappa shape index (κ1) is 29.4. The maximum absolute atomic E-state index is 12.4. The van der Waals surface area contributed by atoms with E-state index in [1.54, 1.807) is 30.3 Å². The number of fused-ring (bicyclic) bond motifs is 1. The molecule has 3 aromatic carbocycles. The molecule has 0 radical (unpaired) electrons. The second-order valence-electron chi connectivity index (χ2n) is 8.72. The average Bonchev–Trinajstić information content (AvgIpc) is 3.44. The SMILES string of the molecule is CCOc1cc(/C=N\NC(=O)C(=O)NCc2ccc3c(c2)OCO3)cc(Br)c1OCC(=O)Nc1ccc(CC)cc1. The molecular weight excluding hydrogens is 596 g/mol. The van der Waals surface area contributed by atoms with Gasteiger partial charge in [-0.25, -0.2) is 5.43 Å². The molecule has 1 aliphatic rings. The largest absolute Gasteiger partial charge is 0.490 e. The van der Waals surface area contributed by atoms with Crippen LogP contribution in [0.4, 0.5) is 5.69 Å². The first-order valence-electron chi connectivity index (χ1n) is 12.8. The van der Waals surface area contributed by atoms with E-state index in [-0.39, 0.29) is 25.9 Å². The Morgan fingerprint density at radius 3 is 2.46 bits per heavy atom. The van der Waals surface area contributed by atoms with Crippen molar-refractivity contribution in [1.29, 1.82) is 0 Å². The summed E-state index contributed by atoms with van der Waals surface area (Å²) < 4.78 is 22.5. The Labute approximate surface area is 245 Å². The summed E-state index contributed by atoms with van der Waals surface area (Å²) in [5.41, 5.74) is 5.35. The zero-order valence-corrected chi connectivity index (χ0v) is 24.1. The van der Waals surface area contributed by atoms with Crippen LogP contribution >= 0.6 is 15.9 Å². The molecule has 4 rings (SSSR count). The Bertz CT molecular complexity index is 1440. The van der Waals surface area contributed by atoms with Crippen LogP contribution < -0.4 is 35.0 Å². The maximum Gasteiger partial charge on any atom is 0.329 e. The van der Waals surface area contributed by atoms with Crippen molar-refractivity contribution < 1.29 is 33.3 Å². The highest BCUT2D eigenvalue weighted by Gasteiger charge is 2.17. The van der Waals surface area contributed by atoms with E-state index in [9.17, 15) is 14.4 Å². The average molecular weight is 625 g/mol. The van der Waals surface area contributed by atoms with Crippen molar-refractivity contribution in [2.75, 3.05) is 25.3 Å². The Morgan fingerprint density at radius 1 is 0.951 bits per heavy atom. The molecule has 1 heterocycles. The van der Waals surface area contributed by atoms with Crippen LogP contribution in [0.15, 0.2) is 64.2 Å². The molecule has 0 spiro atoms. The van der Waals surface area contributed by atoms with Gasteiger partial charge >= 0.3 is 11.8 Å². The highest BCUT2D eigenvalue weighted by atomic mass is 79.9. The minimum Gasteiger partial charge on any atom is -0.490 e. The third kappa shape index (κ3) is 8.21. The van der Waals surface area contributed by atoms with Gasteiger partial charge in [-0.15, -0.1) is 0 Å². The Morgan fingerprint density at radius 2 is 1.71 bits per heavy atom. The van der Waals surface area contributed by atoms with Gasteiger partial charge in [0.25, 0.3) is 5.91 Å². The highest BCUT2D eigenvalue weighted by molar-refractivity contribution is 9.10. The summed E-state index contributed by atoms with van der Waals surface area (Å²) in [5.74, 6) is -0.177. The van der Waals surface area contributed by atoms with Gasteiger partial charge in [0.15, 0.2) is 29.6 Å². The van der Waals surface area contributed by atoms with Crippen LogP contribution in [0.25, 0.3) is 0 Å². The second-order valence-corrected chi connectivity index (χ2v) is 9.57. The predicted octanol–water partition coefficient (Wildman–Crippen LogP) is 3.92. The van der Waals surface area contributed by atoms with Gasteiger partial charge in [0.2, 0.25) is 6.79 Å². The summed E-state index contributed by atoms with van der Waals surface area (Å²) >= 11 is 3.44. The Hall–Kier alpha value is -4.58. The number of carbonyl (C=O) groups is 3. The van der Waals surface area contributed by atoms with Crippen molar-refractivity contribution in [3.63, 3.8) is 0 Å². The molecule has 214 valence electrons. The molecule has 41 heavy (non-hydrogen) atoms. The molecule has 0 saturated carbocycles. The minimum absolute atomic E-state index is 0.127. The molecule has 0 unspecified atom stereocenters. The van der Waals surface area contributed by atoms with Gasteiger partial charge in [0, 0.05) is 12.2 Å². The summed E-state index contributed by atoms with van der Waals surface area (Å²) in [6, 6.07) is 16.1. The van der Waals surface area contributed by atoms with Gasteiger partial charge in [-0.1, -0.05) is 25.1 Å². The van der Waals surface area contributed by atoms with Crippen LogP contribution in [0.1, 0.15) is 30.5 Å². The third-order valence-corrected chi connectivity index (χ3v) is 6.39. The first-order chi connectivity index (χ1) is 19.9. The summed E-state index contributed by atoms with van der Waals surface area (Å²) in [6.45, 7) is 4.26. The number of hydrazone groups is 1. The molecule has 1 aliphatic heterocycles. The number of halogens is 1. The minimum atomic E-state index is -0.929. The lowest BCUT2D eigenvalue weighted by Gasteiger charge is -2.14. The number of hydrogen-bond acceptors (Lipinski definition) is 8. The van der Waals surface area contributed by atoms with Gasteiger partial charge in [-0.3, -0.25) is 14.4 Å². The number of hydrogen-bond donors (Lipinski definition) is 3. The summed E-state index contributed by atoms with van der Waals surface area (Å²) in [4.78, 5) is 36.8. The Balaban J connectivity index is 1.30. The lowest BCUT2D eigenvalue weighted by Crippen LogP contribution is -2.37. The fourth-order valence-electron chi connectivity index (χ4n) is 3.75. The number of ether oxygens (including phenoxy) is 4. The van der Waals surface area contributed by atoms with Crippen LogP contribution in [0.2, 0.25) is 0 Å². The number of carbonyl (C=O) groups excluding carboxylic acids is 3. The normalized spacial score (nSPS) is 11.7. The van der Waals surface area contributed by atoms with Gasteiger partial charge in [-0.05, 0) is 82.4 Å². The standard InChI is InChI=1S/C29H29BrN4O7/c1-3-18-5-8-21(9-6-18)33-26(35)16-39-27-22(30)11-20(13-25(27)38-4-2)15-32-34-29(37)28(36)31-14-19-7-10-23-24(12-19)41-17-40-23/h5-13,15H,3-4,14,16-17H2,1-2H3,(H,31,36)(H,33,35)(H,34,37)/b32-15-. The molecule has 3 amide bonds. The number of benzene rings is 3. The van der Waals surface area contributed by atoms with E-state index in [0.717, 1.165) is 12.0 Å². The van der Waals surface area contributed by atoms with Crippen molar-refractivity contribution in [2.45, 2.75) is 26.8 Å². The molecule has 0 aliphatic carbocycles. The summed E-state index contributed by atoms with van der Waals surface area (Å²) in [7, 11) is 0. The van der Waals surface area contributed by atoms with Crippen molar-refractivity contribution in [2.24, 2.45) is 5.10 Å². The number of amides is 3. The molecular formula is C29H29BrN4O7. The van der Waals surface area contributed by atoms with Crippen LogP contribution in [0, 0.1) is 0 Å². The van der Waals surface area contributed by atoms with Gasteiger partial charge in [0.05, 0.1) is 17.3 Å². The number of rotatable bonds is 11. The van der Waals surface area contributed by atoms with Crippen molar-refractivity contribution >= 4 is 45.6 Å². The molecule has 3 N–H and O–H groups in total. The highest BCUT2D eigenvalue weighted by Crippen LogP contribution is 2.36. The molecule has 12 heteroatoms. The van der Waals surface area contributed by atoms with E-state index in [4.69, 9.17) is 18.9 Å². The van der Waals surface area contributed by atoms with E-state index in [1.807, 2.05) is 31.2 Å². The number of aryl methyl sites for hydroxylation is 1. The van der Waals surface area contributed by atoms with E-state index >= 15 is 0 Å². The van der Waals surface area contributed by atoms with Crippen molar-refractivity contribution in [1.82, 2.24) is 10.7 Å². The molecule has 0 aromatic heterocycles. The zero-order valence-electron chi connectivity index (χ0n) is 22.5. The molecule has 0 fully saturated rings. The molecule has 3 aromatic rings. The van der Waals surface area contributed by atoms with E-state index in [0.29, 0.717) is 45.3 Å². The second kappa shape index (κ2) is 14.2. The van der Waals surface area contributed by atoms with E-state index in [2.05, 4.69) is 44.0 Å². The van der Waals surface area contributed by atoms with Crippen LogP contribution in [-0.2, 0) is 27.3 Å². The van der Waals surface area contributed by atoms with Gasteiger partial charge < -0.3 is 29.6 Å². The molecule has 0 bridgehead atoms. The van der Waals surface area contributed by atoms with Crippen LogP contribution in [0.3, 0.4) is 0 Å². The van der Waals surface area contributed by atoms with E-state index in [1.165, 1.54) is 11.8 Å². The quantitative estimate of drug-likeness (QED) is 0.167. The lowest BCUT2D eigenvalue weighted by atomic mass is 10.1. The van der Waals surface area contributed by atoms with Crippen LogP contribution in [0.5, 0.6) is 23.0 Å². The third-order valence-electron chi connectivity index (χ3n) is 5.80. The van der Waals surface area contributed by atoms with Gasteiger partial charge in [0.1, 0.15) is 0 Å². The maximum atomic E-state index is 12.4. The number of nitrogens with zero attached hydrogens (tertiary/aromatic N) is 1. The summed E-state index contributed by atoms with van der Waals surface area (Å²) in [5, 5.41) is 9.19. The smallest absolute Gasteiger partial charge is 0.329 e. The molecule has 0 saturated heterocycles. The van der Waals surface area contributed by atoms with Gasteiger partial charge in [-0.2, -0.15) is 5.10 Å².